The lowest BCUT2D eigenvalue weighted by Gasteiger charge is -2.05. The number of primary amides is 1. The van der Waals surface area contributed by atoms with E-state index in [2.05, 4.69) is 10.2 Å². The van der Waals surface area contributed by atoms with Gasteiger partial charge in [0.1, 0.15) is 0 Å². The first-order chi connectivity index (χ1) is 6.56. The number of H-pyrrole nitrogens is 1. The van der Waals surface area contributed by atoms with E-state index in [1.54, 1.807) is 6.92 Å². The first-order valence-electron chi connectivity index (χ1n) is 4.17. The Morgan fingerprint density at radius 1 is 1.79 bits per heavy atom. The number of carbonyl (C=O) groups excluding carboxylic acids is 1. The quantitative estimate of drug-likeness (QED) is 0.667. The topological polar surface area (TPSA) is 93.8 Å². The average molecular weight is 216 g/mol. The summed E-state index contributed by atoms with van der Waals surface area (Å²) >= 11 is 1.17. The summed E-state index contributed by atoms with van der Waals surface area (Å²) in [6.07, 6.45) is 0. The van der Waals surface area contributed by atoms with Gasteiger partial charge in [0.05, 0.1) is 5.25 Å². The standard InChI is InChI=1S/C7H12N4O2S/c1-3-11-6(13)9-10-7(11)14-4(2)5(8)12/h4H,3H2,1-2H3,(H2,8,12)(H,9,13). The van der Waals surface area contributed by atoms with Crippen LogP contribution >= 0.6 is 11.8 Å². The fraction of sp³-hybridized carbons (Fsp3) is 0.571. The van der Waals surface area contributed by atoms with Gasteiger partial charge in [-0.25, -0.2) is 9.89 Å². The third kappa shape index (κ3) is 2.16. The van der Waals surface area contributed by atoms with Gasteiger partial charge in [-0.05, 0) is 13.8 Å². The van der Waals surface area contributed by atoms with Gasteiger partial charge in [0, 0.05) is 6.54 Å². The zero-order valence-electron chi connectivity index (χ0n) is 7.98. The molecule has 1 atom stereocenters. The zero-order valence-corrected chi connectivity index (χ0v) is 8.80. The van der Waals surface area contributed by atoms with E-state index >= 15 is 0 Å². The number of aromatic amines is 1. The van der Waals surface area contributed by atoms with E-state index in [-0.39, 0.29) is 5.69 Å². The Bertz CT molecular complexity index is 383. The van der Waals surface area contributed by atoms with Gasteiger partial charge >= 0.3 is 5.69 Å². The molecule has 7 heteroatoms. The van der Waals surface area contributed by atoms with Crippen LogP contribution in [0.3, 0.4) is 0 Å². The lowest BCUT2D eigenvalue weighted by molar-refractivity contribution is -0.117. The van der Waals surface area contributed by atoms with Crippen LogP contribution in [0.1, 0.15) is 13.8 Å². The van der Waals surface area contributed by atoms with Crippen molar-refractivity contribution in [3.63, 3.8) is 0 Å². The van der Waals surface area contributed by atoms with Crippen molar-refractivity contribution in [2.24, 2.45) is 5.73 Å². The molecule has 0 aromatic carbocycles. The summed E-state index contributed by atoms with van der Waals surface area (Å²) in [6.45, 7) is 4.02. The summed E-state index contributed by atoms with van der Waals surface area (Å²) in [5.41, 5.74) is 4.83. The number of hydrogen-bond donors (Lipinski definition) is 2. The largest absolute Gasteiger partial charge is 0.369 e. The Hall–Kier alpha value is -1.24. The minimum atomic E-state index is -0.423. The SMILES string of the molecule is CCn1c(SC(C)C(N)=O)n[nH]c1=O. The van der Waals surface area contributed by atoms with Gasteiger partial charge in [-0.3, -0.25) is 9.36 Å². The van der Waals surface area contributed by atoms with Crippen LogP contribution in [0.4, 0.5) is 0 Å². The van der Waals surface area contributed by atoms with E-state index in [0.717, 1.165) is 0 Å². The molecule has 0 fully saturated rings. The molecule has 0 radical (unpaired) electrons. The van der Waals surface area contributed by atoms with Crippen LogP contribution in [0.15, 0.2) is 9.95 Å². The Balaban J connectivity index is 2.86. The number of rotatable bonds is 4. The van der Waals surface area contributed by atoms with Gasteiger partial charge in [-0.2, -0.15) is 0 Å². The van der Waals surface area contributed by atoms with Gasteiger partial charge in [0.2, 0.25) is 5.91 Å². The first-order valence-corrected chi connectivity index (χ1v) is 5.05. The van der Waals surface area contributed by atoms with Gasteiger partial charge in [0.15, 0.2) is 5.16 Å². The number of amides is 1. The molecule has 1 heterocycles. The second-order valence-corrected chi connectivity index (χ2v) is 4.03. The predicted molar refractivity (Wildman–Crippen MR) is 53.0 cm³/mol. The third-order valence-corrected chi connectivity index (χ3v) is 2.83. The second kappa shape index (κ2) is 4.32. The normalized spacial score (nSPS) is 12.7. The van der Waals surface area contributed by atoms with Gasteiger partial charge < -0.3 is 5.73 Å². The number of aromatic nitrogens is 3. The lowest BCUT2D eigenvalue weighted by atomic mass is 10.5. The van der Waals surface area contributed by atoms with Crippen LogP contribution in [-0.4, -0.2) is 25.9 Å². The molecule has 78 valence electrons. The van der Waals surface area contributed by atoms with Crippen molar-refractivity contribution < 1.29 is 4.79 Å². The Morgan fingerprint density at radius 3 is 2.93 bits per heavy atom. The lowest BCUT2D eigenvalue weighted by Crippen LogP contribution is -2.23. The highest BCUT2D eigenvalue weighted by Gasteiger charge is 2.15. The van der Waals surface area contributed by atoms with E-state index in [9.17, 15) is 9.59 Å². The molecule has 1 rings (SSSR count). The molecule has 0 saturated carbocycles. The van der Waals surface area contributed by atoms with Crippen molar-refractivity contribution >= 4 is 17.7 Å². The monoisotopic (exact) mass is 216 g/mol. The number of nitrogens with one attached hydrogen (secondary N) is 1. The smallest absolute Gasteiger partial charge is 0.343 e. The predicted octanol–water partition coefficient (Wildman–Crippen LogP) is -0.443. The highest BCUT2D eigenvalue weighted by atomic mass is 32.2. The minimum absolute atomic E-state index is 0.272. The molecule has 1 amide bonds. The molecule has 0 aliphatic carbocycles. The summed E-state index contributed by atoms with van der Waals surface area (Å²) < 4.78 is 1.45. The van der Waals surface area contributed by atoms with Crippen molar-refractivity contribution in [2.75, 3.05) is 0 Å². The number of thioether (sulfide) groups is 1. The van der Waals surface area contributed by atoms with Crippen LogP contribution in [0, 0.1) is 0 Å². The van der Waals surface area contributed by atoms with Gasteiger partial charge in [0.25, 0.3) is 0 Å². The van der Waals surface area contributed by atoms with Crippen molar-refractivity contribution in [3.05, 3.63) is 10.5 Å². The molecule has 0 spiro atoms. The molecule has 0 saturated heterocycles. The van der Waals surface area contributed by atoms with Crippen LogP contribution in [0.5, 0.6) is 0 Å². The van der Waals surface area contributed by atoms with Crippen LogP contribution in [0.25, 0.3) is 0 Å². The number of carbonyl (C=O) groups is 1. The zero-order chi connectivity index (χ0) is 10.7. The van der Waals surface area contributed by atoms with E-state index in [0.29, 0.717) is 11.7 Å². The Kier molecular flexibility index (Phi) is 3.34. The average Bonchev–Trinajstić information content (AvgIpc) is 2.46. The highest BCUT2D eigenvalue weighted by molar-refractivity contribution is 8.00. The molecule has 6 nitrogen and oxygen atoms in total. The molecular weight excluding hydrogens is 204 g/mol. The summed E-state index contributed by atoms with van der Waals surface area (Å²) in [5.74, 6) is -0.423. The molecule has 0 bridgehead atoms. The maximum atomic E-state index is 11.1. The number of nitrogens with two attached hydrogens (primary N) is 1. The maximum absolute atomic E-state index is 11.1. The molecule has 3 N–H and O–H groups in total. The van der Waals surface area contributed by atoms with Crippen molar-refractivity contribution in [1.82, 2.24) is 14.8 Å². The molecule has 0 aliphatic rings. The molecule has 1 unspecified atom stereocenters. The number of hydrogen-bond acceptors (Lipinski definition) is 4. The fourth-order valence-electron chi connectivity index (χ4n) is 0.888. The highest BCUT2D eigenvalue weighted by Crippen LogP contribution is 2.18. The van der Waals surface area contributed by atoms with Crippen molar-refractivity contribution in [3.8, 4) is 0 Å². The van der Waals surface area contributed by atoms with E-state index in [4.69, 9.17) is 5.73 Å². The summed E-state index contributed by atoms with van der Waals surface area (Å²) in [4.78, 5) is 21.9. The summed E-state index contributed by atoms with van der Waals surface area (Å²) in [7, 11) is 0. The third-order valence-electron chi connectivity index (χ3n) is 1.72. The van der Waals surface area contributed by atoms with Crippen molar-refractivity contribution in [1.29, 1.82) is 0 Å². The molecular formula is C7H12N4O2S. The first kappa shape index (κ1) is 10.8. The van der Waals surface area contributed by atoms with E-state index < -0.39 is 11.2 Å². The fourth-order valence-corrected chi connectivity index (χ4v) is 1.76. The van der Waals surface area contributed by atoms with Gasteiger partial charge in [-0.1, -0.05) is 11.8 Å². The second-order valence-electron chi connectivity index (χ2n) is 2.72. The molecule has 14 heavy (non-hydrogen) atoms. The maximum Gasteiger partial charge on any atom is 0.343 e. The van der Waals surface area contributed by atoms with Crippen molar-refractivity contribution in [2.45, 2.75) is 30.8 Å². The van der Waals surface area contributed by atoms with E-state index in [1.807, 2.05) is 6.92 Å². The minimum Gasteiger partial charge on any atom is -0.369 e. The summed E-state index contributed by atoms with van der Waals surface area (Å²) in [5, 5.41) is 6.20. The van der Waals surface area contributed by atoms with Crippen LogP contribution in [-0.2, 0) is 11.3 Å². The molecule has 0 aliphatic heterocycles. The van der Waals surface area contributed by atoms with Gasteiger partial charge in [-0.15, -0.1) is 5.10 Å². The number of nitrogens with zero attached hydrogens (tertiary/aromatic N) is 2. The molecule has 1 aromatic rings. The van der Waals surface area contributed by atoms with Crippen LogP contribution < -0.4 is 11.4 Å². The Morgan fingerprint density at radius 2 is 2.43 bits per heavy atom. The van der Waals surface area contributed by atoms with Crippen LogP contribution in [0.2, 0.25) is 0 Å². The molecule has 1 aromatic heterocycles. The van der Waals surface area contributed by atoms with E-state index in [1.165, 1.54) is 16.3 Å². The summed E-state index contributed by atoms with van der Waals surface area (Å²) in [6, 6.07) is 0. The Labute approximate surface area is 84.9 Å².